The normalized spacial score (nSPS) is 10.6. The van der Waals surface area contributed by atoms with Crippen molar-refractivity contribution in [2.24, 2.45) is 0 Å². The van der Waals surface area contributed by atoms with Crippen LogP contribution in [0.4, 0.5) is 0 Å². The zero-order chi connectivity index (χ0) is 9.80. The molecule has 0 saturated heterocycles. The molecular formula is C9H10BrN3O. The maximum atomic E-state index is 5.25. The minimum atomic E-state index is 0.707. The third kappa shape index (κ3) is 2.24. The molecule has 0 fully saturated rings. The van der Waals surface area contributed by atoms with Gasteiger partial charge in [0.15, 0.2) is 0 Å². The van der Waals surface area contributed by atoms with Gasteiger partial charge in [-0.1, -0.05) is 0 Å². The minimum Gasteiger partial charge on any atom is -0.467 e. The van der Waals surface area contributed by atoms with Crippen LogP contribution in [0.1, 0.15) is 11.3 Å². The number of furan rings is 1. The van der Waals surface area contributed by atoms with E-state index in [0.717, 1.165) is 22.3 Å². The summed E-state index contributed by atoms with van der Waals surface area (Å²) in [5.41, 5.74) is 1.13. The summed E-state index contributed by atoms with van der Waals surface area (Å²) in [5, 5.41) is 9.87. The number of aromatic nitrogens is 2. The Hall–Kier alpha value is -1.07. The molecule has 0 atom stereocenters. The van der Waals surface area contributed by atoms with Gasteiger partial charge in [-0.3, -0.25) is 5.10 Å². The highest BCUT2D eigenvalue weighted by Gasteiger charge is 2.02. The molecule has 0 amide bonds. The van der Waals surface area contributed by atoms with E-state index in [1.54, 1.807) is 12.5 Å². The second kappa shape index (κ2) is 4.43. The Kier molecular flexibility index (Phi) is 3.00. The highest BCUT2D eigenvalue weighted by molar-refractivity contribution is 9.10. The highest BCUT2D eigenvalue weighted by atomic mass is 79.9. The van der Waals surface area contributed by atoms with Gasteiger partial charge in [-0.05, 0) is 22.0 Å². The fraction of sp³-hybridized carbons (Fsp3) is 0.222. The summed E-state index contributed by atoms with van der Waals surface area (Å²) in [6, 6.07) is 1.88. The molecule has 0 aliphatic rings. The number of hydrogen-bond donors (Lipinski definition) is 2. The first kappa shape index (κ1) is 9.48. The third-order valence-corrected chi connectivity index (χ3v) is 2.57. The van der Waals surface area contributed by atoms with Crippen molar-refractivity contribution >= 4 is 15.9 Å². The molecule has 2 heterocycles. The molecule has 0 spiro atoms. The molecule has 2 aromatic rings. The standard InChI is InChI=1S/C9H10BrN3O/c10-8-1-2-14-9(8)6-11-3-7-4-12-13-5-7/h1-2,4-5,11H,3,6H2,(H,12,13). The van der Waals surface area contributed by atoms with Crippen molar-refractivity contribution in [2.45, 2.75) is 13.1 Å². The zero-order valence-corrected chi connectivity index (χ0v) is 9.04. The van der Waals surface area contributed by atoms with Gasteiger partial charge in [0, 0.05) is 18.3 Å². The Bertz CT molecular complexity index is 382. The van der Waals surface area contributed by atoms with E-state index in [2.05, 4.69) is 31.4 Å². The van der Waals surface area contributed by atoms with Crippen LogP contribution in [0.2, 0.25) is 0 Å². The lowest BCUT2D eigenvalue weighted by atomic mass is 10.3. The van der Waals surface area contributed by atoms with Gasteiger partial charge in [0.1, 0.15) is 5.76 Å². The summed E-state index contributed by atoms with van der Waals surface area (Å²) in [6.45, 7) is 1.49. The monoisotopic (exact) mass is 255 g/mol. The van der Waals surface area contributed by atoms with Gasteiger partial charge in [0.2, 0.25) is 0 Å². The second-order valence-electron chi connectivity index (χ2n) is 2.90. The first-order valence-corrected chi connectivity index (χ1v) is 5.06. The van der Waals surface area contributed by atoms with Crippen LogP contribution in [0.3, 0.4) is 0 Å². The van der Waals surface area contributed by atoms with Crippen molar-refractivity contribution in [3.63, 3.8) is 0 Å². The van der Waals surface area contributed by atoms with Gasteiger partial charge >= 0.3 is 0 Å². The van der Waals surface area contributed by atoms with Crippen LogP contribution < -0.4 is 5.32 Å². The lowest BCUT2D eigenvalue weighted by Gasteiger charge is -2.00. The Morgan fingerprint density at radius 3 is 3.07 bits per heavy atom. The van der Waals surface area contributed by atoms with E-state index in [1.165, 1.54) is 0 Å². The number of nitrogens with one attached hydrogen (secondary N) is 2. The molecular weight excluding hydrogens is 246 g/mol. The van der Waals surface area contributed by atoms with Gasteiger partial charge in [0.25, 0.3) is 0 Å². The molecule has 14 heavy (non-hydrogen) atoms. The molecule has 2 N–H and O–H groups in total. The molecule has 0 unspecified atom stereocenters. The summed E-state index contributed by atoms with van der Waals surface area (Å²) in [4.78, 5) is 0. The van der Waals surface area contributed by atoms with Crippen LogP contribution in [0.15, 0.2) is 33.6 Å². The maximum absolute atomic E-state index is 5.25. The van der Waals surface area contributed by atoms with Crippen molar-refractivity contribution in [3.8, 4) is 0 Å². The minimum absolute atomic E-state index is 0.707. The zero-order valence-electron chi connectivity index (χ0n) is 7.46. The van der Waals surface area contributed by atoms with E-state index < -0.39 is 0 Å². The Morgan fingerprint density at radius 1 is 1.50 bits per heavy atom. The van der Waals surface area contributed by atoms with Crippen LogP contribution >= 0.6 is 15.9 Å². The quantitative estimate of drug-likeness (QED) is 0.880. The van der Waals surface area contributed by atoms with Crippen LogP contribution in [0.25, 0.3) is 0 Å². The molecule has 0 bridgehead atoms. The summed E-state index contributed by atoms with van der Waals surface area (Å²) in [6.07, 6.45) is 5.33. The summed E-state index contributed by atoms with van der Waals surface area (Å²) in [5.74, 6) is 0.911. The number of H-pyrrole nitrogens is 1. The molecule has 0 saturated carbocycles. The summed E-state index contributed by atoms with van der Waals surface area (Å²) < 4.78 is 6.25. The molecule has 2 aromatic heterocycles. The molecule has 0 aliphatic carbocycles. The average Bonchev–Trinajstić information content (AvgIpc) is 2.78. The van der Waals surface area contributed by atoms with E-state index in [9.17, 15) is 0 Å². The van der Waals surface area contributed by atoms with Gasteiger partial charge in [-0.2, -0.15) is 5.10 Å². The second-order valence-corrected chi connectivity index (χ2v) is 3.76. The average molecular weight is 256 g/mol. The largest absolute Gasteiger partial charge is 0.467 e. The number of halogens is 1. The Balaban J connectivity index is 1.81. The van der Waals surface area contributed by atoms with Crippen molar-refractivity contribution in [2.75, 3.05) is 0 Å². The van der Waals surface area contributed by atoms with Crippen LogP contribution in [0, 0.1) is 0 Å². The van der Waals surface area contributed by atoms with Gasteiger partial charge < -0.3 is 9.73 Å². The molecule has 0 radical (unpaired) electrons. The maximum Gasteiger partial charge on any atom is 0.131 e. The van der Waals surface area contributed by atoms with E-state index in [-0.39, 0.29) is 0 Å². The molecule has 2 rings (SSSR count). The van der Waals surface area contributed by atoms with Crippen LogP contribution in [0.5, 0.6) is 0 Å². The van der Waals surface area contributed by atoms with E-state index in [4.69, 9.17) is 4.42 Å². The number of nitrogens with zero attached hydrogens (tertiary/aromatic N) is 1. The summed E-state index contributed by atoms with van der Waals surface area (Å²) >= 11 is 3.39. The van der Waals surface area contributed by atoms with Crippen molar-refractivity contribution < 1.29 is 4.42 Å². The van der Waals surface area contributed by atoms with Gasteiger partial charge in [-0.25, -0.2) is 0 Å². The van der Waals surface area contributed by atoms with Crippen LogP contribution in [-0.2, 0) is 13.1 Å². The van der Waals surface area contributed by atoms with E-state index in [1.807, 2.05) is 12.3 Å². The van der Waals surface area contributed by atoms with Crippen LogP contribution in [-0.4, -0.2) is 10.2 Å². The fourth-order valence-corrected chi connectivity index (χ4v) is 1.49. The van der Waals surface area contributed by atoms with Crippen molar-refractivity contribution in [1.82, 2.24) is 15.5 Å². The predicted molar refractivity (Wildman–Crippen MR) is 55.5 cm³/mol. The first-order valence-electron chi connectivity index (χ1n) is 4.26. The third-order valence-electron chi connectivity index (χ3n) is 1.86. The SMILES string of the molecule is Brc1ccoc1CNCc1cn[nH]c1. The smallest absolute Gasteiger partial charge is 0.131 e. The molecule has 4 nitrogen and oxygen atoms in total. The van der Waals surface area contributed by atoms with E-state index >= 15 is 0 Å². The predicted octanol–water partition coefficient (Wildman–Crippen LogP) is 2.05. The fourth-order valence-electron chi connectivity index (χ4n) is 1.15. The number of aromatic amines is 1. The lowest BCUT2D eigenvalue weighted by Crippen LogP contribution is -2.11. The van der Waals surface area contributed by atoms with Gasteiger partial charge in [0.05, 0.1) is 23.5 Å². The molecule has 0 aromatic carbocycles. The first-order chi connectivity index (χ1) is 6.86. The number of rotatable bonds is 4. The van der Waals surface area contributed by atoms with E-state index in [0.29, 0.717) is 6.54 Å². The van der Waals surface area contributed by atoms with Crippen molar-refractivity contribution in [1.29, 1.82) is 0 Å². The van der Waals surface area contributed by atoms with Crippen molar-refractivity contribution in [3.05, 3.63) is 40.5 Å². The lowest BCUT2D eigenvalue weighted by molar-refractivity contribution is 0.481. The Labute approximate surface area is 89.8 Å². The highest BCUT2D eigenvalue weighted by Crippen LogP contribution is 2.16. The Morgan fingerprint density at radius 2 is 2.43 bits per heavy atom. The van der Waals surface area contributed by atoms with Gasteiger partial charge in [-0.15, -0.1) is 0 Å². The molecule has 74 valence electrons. The molecule has 5 heteroatoms. The topological polar surface area (TPSA) is 53.9 Å². The number of hydrogen-bond acceptors (Lipinski definition) is 3. The summed E-state index contributed by atoms with van der Waals surface area (Å²) in [7, 11) is 0. The molecule has 0 aliphatic heterocycles.